The van der Waals surface area contributed by atoms with Crippen LogP contribution in [0.5, 0.6) is 5.75 Å². The van der Waals surface area contributed by atoms with Gasteiger partial charge in [-0.05, 0) is 30.2 Å². The highest BCUT2D eigenvalue weighted by Crippen LogP contribution is 2.25. The van der Waals surface area contributed by atoms with Gasteiger partial charge in [0, 0.05) is 11.1 Å². The van der Waals surface area contributed by atoms with Crippen molar-refractivity contribution in [2.75, 3.05) is 6.61 Å². The van der Waals surface area contributed by atoms with Crippen LogP contribution < -0.4 is 4.74 Å². The molecule has 2 aromatic carbocycles. The third-order valence-corrected chi connectivity index (χ3v) is 2.77. The fourth-order valence-electron chi connectivity index (χ4n) is 1.79. The molecule has 2 aromatic rings. The number of hydrogen-bond donors (Lipinski definition) is 0. The van der Waals surface area contributed by atoms with Crippen LogP contribution in [-0.4, -0.2) is 12.9 Å². The summed E-state index contributed by atoms with van der Waals surface area (Å²) in [7, 11) is 0. The summed E-state index contributed by atoms with van der Waals surface area (Å²) in [5, 5.41) is 0. The molecule has 0 aliphatic carbocycles. The van der Waals surface area contributed by atoms with Crippen molar-refractivity contribution in [3.63, 3.8) is 0 Å². The molecule has 2 nitrogen and oxygen atoms in total. The van der Waals surface area contributed by atoms with Crippen molar-refractivity contribution in [3.05, 3.63) is 53.8 Å². The Morgan fingerprint density at radius 2 is 1.89 bits per heavy atom. The van der Waals surface area contributed by atoms with E-state index in [2.05, 4.69) is 0 Å². The molecule has 0 spiro atoms. The topological polar surface area (TPSA) is 26.3 Å². The largest absolute Gasteiger partial charge is 0.494 e. The number of carbonyl (C=O) groups is 1. The first-order valence-corrected chi connectivity index (χ1v) is 6.22. The van der Waals surface area contributed by atoms with Crippen LogP contribution in [0, 0.1) is 5.82 Å². The van der Waals surface area contributed by atoms with E-state index in [1.807, 2.05) is 31.2 Å². The van der Waals surface area contributed by atoms with Gasteiger partial charge in [0.2, 0.25) is 0 Å². The van der Waals surface area contributed by atoms with E-state index in [1.54, 1.807) is 12.1 Å². The SMILES string of the molecule is CCCOc1ccc(-c2ccc(C=O)cc2F)cc1. The van der Waals surface area contributed by atoms with Crippen LogP contribution >= 0.6 is 0 Å². The van der Waals surface area contributed by atoms with Crippen molar-refractivity contribution in [1.29, 1.82) is 0 Å². The summed E-state index contributed by atoms with van der Waals surface area (Å²) < 4.78 is 19.3. The van der Waals surface area contributed by atoms with Crippen LogP contribution in [0.3, 0.4) is 0 Å². The summed E-state index contributed by atoms with van der Waals surface area (Å²) in [6.07, 6.45) is 1.58. The fourth-order valence-corrected chi connectivity index (χ4v) is 1.79. The van der Waals surface area contributed by atoms with E-state index in [-0.39, 0.29) is 0 Å². The van der Waals surface area contributed by atoms with Crippen molar-refractivity contribution >= 4 is 6.29 Å². The van der Waals surface area contributed by atoms with Gasteiger partial charge >= 0.3 is 0 Å². The van der Waals surface area contributed by atoms with E-state index < -0.39 is 5.82 Å². The minimum Gasteiger partial charge on any atom is -0.494 e. The van der Waals surface area contributed by atoms with E-state index in [0.717, 1.165) is 17.7 Å². The van der Waals surface area contributed by atoms with E-state index in [0.29, 0.717) is 24.0 Å². The second kappa shape index (κ2) is 6.14. The van der Waals surface area contributed by atoms with Gasteiger partial charge in [-0.2, -0.15) is 0 Å². The predicted molar refractivity (Wildman–Crippen MR) is 73.0 cm³/mol. The van der Waals surface area contributed by atoms with Gasteiger partial charge in [0.1, 0.15) is 17.9 Å². The zero-order valence-corrected chi connectivity index (χ0v) is 10.7. The van der Waals surface area contributed by atoms with Gasteiger partial charge in [0.05, 0.1) is 6.61 Å². The third-order valence-electron chi connectivity index (χ3n) is 2.77. The van der Waals surface area contributed by atoms with E-state index in [9.17, 15) is 9.18 Å². The van der Waals surface area contributed by atoms with Crippen molar-refractivity contribution < 1.29 is 13.9 Å². The first kappa shape index (κ1) is 13.3. The van der Waals surface area contributed by atoms with Crippen LogP contribution in [0.25, 0.3) is 11.1 Å². The second-order valence-corrected chi connectivity index (χ2v) is 4.23. The smallest absolute Gasteiger partial charge is 0.150 e. The lowest BCUT2D eigenvalue weighted by molar-refractivity contribution is 0.112. The average Bonchev–Trinajstić information content (AvgIpc) is 2.45. The Morgan fingerprint density at radius 3 is 2.47 bits per heavy atom. The summed E-state index contributed by atoms with van der Waals surface area (Å²) in [5.41, 5.74) is 1.58. The normalized spacial score (nSPS) is 10.2. The van der Waals surface area contributed by atoms with Gasteiger partial charge in [-0.3, -0.25) is 4.79 Å². The third kappa shape index (κ3) is 3.19. The van der Waals surface area contributed by atoms with Crippen LogP contribution in [0.4, 0.5) is 4.39 Å². The number of hydrogen-bond acceptors (Lipinski definition) is 2. The van der Waals surface area contributed by atoms with Gasteiger partial charge in [-0.15, -0.1) is 0 Å². The first-order chi connectivity index (χ1) is 9.24. The standard InChI is InChI=1S/C16H15FO2/c1-2-9-19-14-6-4-13(5-7-14)15-8-3-12(11-18)10-16(15)17/h3-8,10-11H,2,9H2,1H3. The van der Waals surface area contributed by atoms with Gasteiger partial charge in [0.15, 0.2) is 0 Å². The van der Waals surface area contributed by atoms with Gasteiger partial charge in [-0.1, -0.05) is 31.2 Å². The first-order valence-electron chi connectivity index (χ1n) is 6.22. The lowest BCUT2D eigenvalue weighted by Gasteiger charge is -2.07. The van der Waals surface area contributed by atoms with Gasteiger partial charge in [-0.25, -0.2) is 4.39 Å². The molecule has 0 fully saturated rings. The zero-order chi connectivity index (χ0) is 13.7. The molecule has 2 rings (SSSR count). The maximum atomic E-state index is 13.8. The summed E-state index contributed by atoms with van der Waals surface area (Å²) in [5.74, 6) is 0.377. The minimum absolute atomic E-state index is 0.337. The highest BCUT2D eigenvalue weighted by molar-refractivity contribution is 5.77. The Labute approximate surface area is 111 Å². The molecule has 0 aliphatic rings. The zero-order valence-electron chi connectivity index (χ0n) is 10.7. The lowest BCUT2D eigenvalue weighted by atomic mass is 10.0. The fraction of sp³-hybridized carbons (Fsp3) is 0.188. The predicted octanol–water partition coefficient (Wildman–Crippen LogP) is 4.09. The summed E-state index contributed by atoms with van der Waals surface area (Å²) >= 11 is 0. The van der Waals surface area contributed by atoms with Crippen molar-refractivity contribution in [3.8, 4) is 16.9 Å². The van der Waals surface area contributed by atoms with Crippen LogP contribution in [0.2, 0.25) is 0 Å². The Hall–Kier alpha value is -2.16. The number of rotatable bonds is 5. The van der Waals surface area contributed by atoms with Gasteiger partial charge < -0.3 is 4.74 Å². The molecule has 98 valence electrons. The molecule has 0 aromatic heterocycles. The molecule has 0 radical (unpaired) electrons. The number of ether oxygens (including phenoxy) is 1. The highest BCUT2D eigenvalue weighted by atomic mass is 19.1. The number of aldehydes is 1. The van der Waals surface area contributed by atoms with Crippen molar-refractivity contribution in [1.82, 2.24) is 0 Å². The number of halogens is 1. The Bertz CT molecular complexity index is 561. The lowest BCUT2D eigenvalue weighted by Crippen LogP contribution is -1.94. The van der Waals surface area contributed by atoms with E-state index in [1.165, 1.54) is 6.07 Å². The van der Waals surface area contributed by atoms with E-state index >= 15 is 0 Å². The summed E-state index contributed by atoms with van der Waals surface area (Å²) in [4.78, 5) is 10.6. The Balaban J connectivity index is 2.24. The molecule has 0 heterocycles. The molecular weight excluding hydrogens is 243 g/mol. The number of carbonyl (C=O) groups excluding carboxylic acids is 1. The maximum Gasteiger partial charge on any atom is 0.150 e. The van der Waals surface area contributed by atoms with Crippen molar-refractivity contribution in [2.24, 2.45) is 0 Å². The van der Waals surface area contributed by atoms with Crippen molar-refractivity contribution in [2.45, 2.75) is 13.3 Å². The molecule has 0 bridgehead atoms. The molecule has 0 atom stereocenters. The second-order valence-electron chi connectivity index (χ2n) is 4.23. The molecule has 3 heteroatoms. The Morgan fingerprint density at radius 1 is 1.16 bits per heavy atom. The minimum atomic E-state index is -0.396. The summed E-state index contributed by atoms with van der Waals surface area (Å²) in [6, 6.07) is 11.7. The summed E-state index contributed by atoms with van der Waals surface area (Å²) in [6.45, 7) is 2.71. The number of benzene rings is 2. The average molecular weight is 258 g/mol. The maximum absolute atomic E-state index is 13.8. The van der Waals surface area contributed by atoms with Crippen LogP contribution in [-0.2, 0) is 0 Å². The monoisotopic (exact) mass is 258 g/mol. The molecule has 0 amide bonds. The highest BCUT2D eigenvalue weighted by Gasteiger charge is 2.06. The van der Waals surface area contributed by atoms with E-state index in [4.69, 9.17) is 4.74 Å². The van der Waals surface area contributed by atoms with Crippen LogP contribution in [0.15, 0.2) is 42.5 Å². The van der Waals surface area contributed by atoms with Crippen LogP contribution in [0.1, 0.15) is 23.7 Å². The molecule has 0 saturated carbocycles. The quantitative estimate of drug-likeness (QED) is 0.755. The molecule has 0 aliphatic heterocycles. The molecular formula is C16H15FO2. The molecule has 0 saturated heterocycles. The van der Waals surface area contributed by atoms with Gasteiger partial charge in [0.25, 0.3) is 0 Å². The molecule has 0 N–H and O–H groups in total. The molecule has 19 heavy (non-hydrogen) atoms. The molecule has 0 unspecified atom stereocenters. The Kier molecular flexibility index (Phi) is 4.29.